The molecular weight excluding hydrogens is 228 g/mol. The molecule has 0 radical (unpaired) electrons. The van der Waals surface area contributed by atoms with Crippen LogP contribution < -0.4 is 0 Å². The molecular formula is C10H13BrN2. The number of nitriles is 1. The second-order valence-corrected chi connectivity index (χ2v) is 3.01. The first-order valence-corrected chi connectivity index (χ1v) is 3.87. The molecule has 0 heterocycles. The fourth-order valence-electron chi connectivity index (χ4n) is 1.11. The van der Waals surface area contributed by atoms with Crippen molar-refractivity contribution in [1.82, 2.24) is 4.90 Å². The van der Waals surface area contributed by atoms with Gasteiger partial charge in [0.25, 0.3) is 0 Å². The lowest BCUT2D eigenvalue weighted by Gasteiger charge is -2.10. The molecule has 0 amide bonds. The van der Waals surface area contributed by atoms with Crippen LogP contribution >= 0.6 is 17.0 Å². The third-order valence-electron chi connectivity index (χ3n) is 1.62. The standard InChI is InChI=1S/C10H12N2.BrH/c1-12(2)8-10-6-4-3-5-9(10)7-11;/h3-6H,8H2,1-2H3;1H. The average molecular weight is 241 g/mol. The largest absolute Gasteiger partial charge is 0.305 e. The topological polar surface area (TPSA) is 27.0 Å². The lowest BCUT2D eigenvalue weighted by atomic mass is 10.1. The summed E-state index contributed by atoms with van der Waals surface area (Å²) in [5.74, 6) is 0. The molecule has 1 aromatic carbocycles. The predicted molar refractivity (Wildman–Crippen MR) is 58.9 cm³/mol. The maximum atomic E-state index is 8.76. The van der Waals surface area contributed by atoms with Crippen LogP contribution in [0.5, 0.6) is 0 Å². The molecule has 3 heteroatoms. The Hall–Kier alpha value is -0.850. The molecule has 1 rings (SSSR count). The smallest absolute Gasteiger partial charge is 0.0995 e. The van der Waals surface area contributed by atoms with E-state index in [4.69, 9.17) is 5.26 Å². The van der Waals surface area contributed by atoms with E-state index in [2.05, 4.69) is 11.0 Å². The van der Waals surface area contributed by atoms with Gasteiger partial charge in [0.1, 0.15) is 0 Å². The van der Waals surface area contributed by atoms with E-state index in [9.17, 15) is 0 Å². The van der Waals surface area contributed by atoms with E-state index >= 15 is 0 Å². The summed E-state index contributed by atoms with van der Waals surface area (Å²) in [5, 5.41) is 8.76. The van der Waals surface area contributed by atoms with Crippen LogP contribution in [0.2, 0.25) is 0 Å². The summed E-state index contributed by atoms with van der Waals surface area (Å²) >= 11 is 0. The molecule has 13 heavy (non-hydrogen) atoms. The summed E-state index contributed by atoms with van der Waals surface area (Å²) in [6.45, 7) is 0.823. The van der Waals surface area contributed by atoms with Crippen molar-refractivity contribution in [3.05, 3.63) is 35.4 Å². The van der Waals surface area contributed by atoms with Crippen molar-refractivity contribution in [2.24, 2.45) is 0 Å². The molecule has 0 bridgehead atoms. The van der Waals surface area contributed by atoms with Crippen LogP contribution in [-0.4, -0.2) is 19.0 Å². The van der Waals surface area contributed by atoms with Gasteiger partial charge in [-0.1, -0.05) is 18.2 Å². The lowest BCUT2D eigenvalue weighted by molar-refractivity contribution is 0.402. The zero-order chi connectivity index (χ0) is 8.97. The zero-order valence-electron chi connectivity index (χ0n) is 7.82. The van der Waals surface area contributed by atoms with Gasteiger partial charge in [-0.25, -0.2) is 0 Å². The van der Waals surface area contributed by atoms with Crippen LogP contribution in [0, 0.1) is 11.3 Å². The fourth-order valence-corrected chi connectivity index (χ4v) is 1.11. The molecule has 0 spiro atoms. The number of benzene rings is 1. The highest BCUT2D eigenvalue weighted by Crippen LogP contribution is 2.08. The zero-order valence-corrected chi connectivity index (χ0v) is 9.53. The first kappa shape index (κ1) is 12.2. The van der Waals surface area contributed by atoms with Gasteiger partial charge in [0.2, 0.25) is 0 Å². The van der Waals surface area contributed by atoms with Crippen LogP contribution in [0.1, 0.15) is 11.1 Å². The molecule has 0 atom stereocenters. The highest BCUT2D eigenvalue weighted by atomic mass is 79.9. The van der Waals surface area contributed by atoms with Crippen LogP contribution in [0.15, 0.2) is 24.3 Å². The van der Waals surface area contributed by atoms with Crippen molar-refractivity contribution in [1.29, 1.82) is 5.26 Å². The van der Waals surface area contributed by atoms with Crippen molar-refractivity contribution < 1.29 is 0 Å². The molecule has 0 unspecified atom stereocenters. The number of hydrogen-bond donors (Lipinski definition) is 0. The van der Waals surface area contributed by atoms with E-state index in [1.807, 2.05) is 38.4 Å². The number of nitrogens with zero attached hydrogens (tertiary/aromatic N) is 2. The van der Waals surface area contributed by atoms with Crippen molar-refractivity contribution >= 4 is 17.0 Å². The Labute approximate surface area is 89.6 Å². The van der Waals surface area contributed by atoms with Gasteiger partial charge in [-0.3, -0.25) is 0 Å². The summed E-state index contributed by atoms with van der Waals surface area (Å²) in [5.41, 5.74) is 1.86. The Morgan fingerprint density at radius 3 is 2.46 bits per heavy atom. The average Bonchev–Trinajstić information content (AvgIpc) is 2.04. The summed E-state index contributed by atoms with van der Waals surface area (Å²) in [6, 6.07) is 9.85. The van der Waals surface area contributed by atoms with E-state index in [1.165, 1.54) is 0 Å². The molecule has 0 aliphatic heterocycles. The normalized spacial score (nSPS) is 9.08. The second-order valence-electron chi connectivity index (χ2n) is 3.01. The van der Waals surface area contributed by atoms with Gasteiger partial charge in [0.15, 0.2) is 0 Å². The maximum Gasteiger partial charge on any atom is 0.0995 e. The lowest BCUT2D eigenvalue weighted by Crippen LogP contribution is -2.11. The Morgan fingerprint density at radius 2 is 1.92 bits per heavy atom. The third-order valence-corrected chi connectivity index (χ3v) is 1.62. The molecule has 1 aromatic rings. The van der Waals surface area contributed by atoms with Crippen LogP contribution in [0.4, 0.5) is 0 Å². The van der Waals surface area contributed by atoms with E-state index in [-0.39, 0.29) is 17.0 Å². The van der Waals surface area contributed by atoms with Crippen LogP contribution in [0.3, 0.4) is 0 Å². The van der Waals surface area contributed by atoms with E-state index < -0.39 is 0 Å². The number of halogens is 1. The highest BCUT2D eigenvalue weighted by molar-refractivity contribution is 8.93. The van der Waals surface area contributed by atoms with E-state index in [0.717, 1.165) is 17.7 Å². The van der Waals surface area contributed by atoms with E-state index in [1.54, 1.807) is 0 Å². The van der Waals surface area contributed by atoms with Gasteiger partial charge < -0.3 is 4.90 Å². The third kappa shape index (κ3) is 3.58. The first-order chi connectivity index (χ1) is 5.74. The number of hydrogen-bond acceptors (Lipinski definition) is 2. The summed E-state index contributed by atoms with van der Waals surface area (Å²) in [6.07, 6.45) is 0. The summed E-state index contributed by atoms with van der Waals surface area (Å²) in [4.78, 5) is 2.05. The molecule has 0 N–H and O–H groups in total. The molecule has 0 fully saturated rings. The monoisotopic (exact) mass is 240 g/mol. The molecule has 0 saturated heterocycles. The molecule has 2 nitrogen and oxygen atoms in total. The second kappa shape index (κ2) is 5.74. The summed E-state index contributed by atoms with van der Waals surface area (Å²) < 4.78 is 0. The van der Waals surface area contributed by atoms with Crippen molar-refractivity contribution in [3.63, 3.8) is 0 Å². The molecule has 0 aliphatic carbocycles. The van der Waals surface area contributed by atoms with Gasteiger partial charge in [-0.2, -0.15) is 5.26 Å². The SMILES string of the molecule is Br.CN(C)Cc1ccccc1C#N. The van der Waals surface area contributed by atoms with E-state index in [0.29, 0.717) is 0 Å². The Balaban J connectivity index is 0.00000144. The Morgan fingerprint density at radius 1 is 1.31 bits per heavy atom. The molecule has 0 aliphatic rings. The van der Waals surface area contributed by atoms with Crippen LogP contribution in [-0.2, 0) is 6.54 Å². The minimum Gasteiger partial charge on any atom is -0.305 e. The molecule has 0 saturated carbocycles. The molecule has 0 aromatic heterocycles. The quantitative estimate of drug-likeness (QED) is 0.793. The van der Waals surface area contributed by atoms with Gasteiger partial charge in [0, 0.05) is 6.54 Å². The highest BCUT2D eigenvalue weighted by Gasteiger charge is 2.00. The Kier molecular flexibility index (Phi) is 5.36. The number of rotatable bonds is 2. The first-order valence-electron chi connectivity index (χ1n) is 3.87. The Bertz CT molecular complexity index is 302. The van der Waals surface area contributed by atoms with Crippen molar-refractivity contribution in [3.8, 4) is 6.07 Å². The predicted octanol–water partition coefficient (Wildman–Crippen LogP) is 2.20. The maximum absolute atomic E-state index is 8.76. The minimum atomic E-state index is 0. The molecule has 70 valence electrons. The van der Waals surface area contributed by atoms with Crippen molar-refractivity contribution in [2.75, 3.05) is 14.1 Å². The van der Waals surface area contributed by atoms with Crippen LogP contribution in [0.25, 0.3) is 0 Å². The van der Waals surface area contributed by atoms with Gasteiger partial charge in [0.05, 0.1) is 11.6 Å². The van der Waals surface area contributed by atoms with Gasteiger partial charge in [-0.05, 0) is 25.7 Å². The fraction of sp³-hybridized carbons (Fsp3) is 0.300. The van der Waals surface area contributed by atoms with Gasteiger partial charge in [-0.15, -0.1) is 17.0 Å². The van der Waals surface area contributed by atoms with Crippen molar-refractivity contribution in [2.45, 2.75) is 6.54 Å². The summed E-state index contributed by atoms with van der Waals surface area (Å²) in [7, 11) is 3.99. The minimum absolute atomic E-state index is 0. The van der Waals surface area contributed by atoms with Gasteiger partial charge >= 0.3 is 0 Å².